The van der Waals surface area contributed by atoms with E-state index < -0.39 is 15.8 Å². The third kappa shape index (κ3) is 4.62. The molecule has 1 saturated carbocycles. The van der Waals surface area contributed by atoms with E-state index in [1.807, 2.05) is 6.92 Å². The van der Waals surface area contributed by atoms with Crippen LogP contribution in [-0.4, -0.2) is 43.8 Å². The second kappa shape index (κ2) is 8.43. The molecule has 1 aliphatic heterocycles. The molecule has 1 aliphatic carbocycles. The van der Waals surface area contributed by atoms with Crippen molar-refractivity contribution >= 4 is 28.3 Å². The van der Waals surface area contributed by atoms with Gasteiger partial charge >= 0.3 is 0 Å². The number of benzene rings is 1. The van der Waals surface area contributed by atoms with Gasteiger partial charge in [0.1, 0.15) is 10.7 Å². The average Bonchev–Trinajstić information content (AvgIpc) is 3.47. The summed E-state index contributed by atoms with van der Waals surface area (Å²) in [5, 5.41) is 3.08. The number of amides is 1. The molecule has 0 bridgehead atoms. The summed E-state index contributed by atoms with van der Waals surface area (Å²) in [6.45, 7) is 2.78. The molecule has 2 aliphatic rings. The highest BCUT2D eigenvalue weighted by atomic mass is 35.5. The van der Waals surface area contributed by atoms with Crippen LogP contribution in [0.15, 0.2) is 29.2 Å². The fourth-order valence-corrected chi connectivity index (χ4v) is 5.11. The van der Waals surface area contributed by atoms with Crippen molar-refractivity contribution in [2.75, 3.05) is 19.6 Å². The van der Waals surface area contributed by atoms with Crippen molar-refractivity contribution in [3.63, 3.8) is 0 Å². The van der Waals surface area contributed by atoms with Gasteiger partial charge in [-0.2, -0.15) is 4.31 Å². The van der Waals surface area contributed by atoms with Crippen molar-refractivity contribution in [2.24, 2.45) is 17.6 Å². The summed E-state index contributed by atoms with van der Waals surface area (Å²) < 4.78 is 40.4. The van der Waals surface area contributed by atoms with Gasteiger partial charge in [-0.3, -0.25) is 4.79 Å². The molecule has 3 N–H and O–H groups in total. The summed E-state index contributed by atoms with van der Waals surface area (Å²) in [7, 11) is -3.88. The zero-order valence-electron chi connectivity index (χ0n) is 15.4. The van der Waals surface area contributed by atoms with Crippen molar-refractivity contribution in [1.29, 1.82) is 0 Å². The van der Waals surface area contributed by atoms with E-state index >= 15 is 0 Å². The van der Waals surface area contributed by atoms with Gasteiger partial charge in [0, 0.05) is 25.6 Å². The van der Waals surface area contributed by atoms with Gasteiger partial charge in [0.15, 0.2) is 0 Å². The minimum atomic E-state index is -3.88. The Morgan fingerprint density at radius 1 is 1.26 bits per heavy atom. The number of nitrogens with one attached hydrogen (secondary N) is 1. The molecule has 0 radical (unpaired) electrons. The Hall–Kier alpha value is -1.22. The molecule has 1 atom stereocenters. The van der Waals surface area contributed by atoms with Gasteiger partial charge in [-0.25, -0.2) is 12.8 Å². The highest BCUT2D eigenvalue weighted by Gasteiger charge is 2.43. The molecule has 2 fully saturated rings. The Labute approximate surface area is 166 Å². The van der Waals surface area contributed by atoms with Crippen LogP contribution >= 0.6 is 12.4 Å². The van der Waals surface area contributed by atoms with Crippen molar-refractivity contribution in [2.45, 2.75) is 43.0 Å². The van der Waals surface area contributed by atoms with Gasteiger partial charge in [0.2, 0.25) is 15.9 Å². The number of nitrogens with two attached hydrogens (primary N) is 1. The van der Waals surface area contributed by atoms with E-state index in [-0.39, 0.29) is 47.8 Å². The van der Waals surface area contributed by atoms with E-state index in [9.17, 15) is 17.6 Å². The predicted molar refractivity (Wildman–Crippen MR) is 103 cm³/mol. The number of piperidine rings is 1. The molecular formula is C18H27ClFN3O3S. The topological polar surface area (TPSA) is 92.5 Å². The maximum absolute atomic E-state index is 13.9. The van der Waals surface area contributed by atoms with E-state index in [2.05, 4.69) is 5.32 Å². The Morgan fingerprint density at radius 2 is 1.85 bits per heavy atom. The Bertz CT molecular complexity index is 780. The van der Waals surface area contributed by atoms with Crippen molar-refractivity contribution < 1.29 is 17.6 Å². The highest BCUT2D eigenvalue weighted by molar-refractivity contribution is 7.89. The second-order valence-electron chi connectivity index (χ2n) is 7.49. The number of hydrogen-bond acceptors (Lipinski definition) is 4. The van der Waals surface area contributed by atoms with Gasteiger partial charge in [-0.05, 0) is 50.7 Å². The molecule has 0 aromatic heterocycles. The molecule has 1 unspecified atom stereocenters. The van der Waals surface area contributed by atoms with Crippen LogP contribution in [0.25, 0.3) is 0 Å². The predicted octanol–water partition coefficient (Wildman–Crippen LogP) is 1.89. The number of rotatable bonds is 6. The van der Waals surface area contributed by atoms with Crippen LogP contribution in [0.2, 0.25) is 0 Å². The monoisotopic (exact) mass is 419 g/mol. The van der Waals surface area contributed by atoms with Gasteiger partial charge in [0.25, 0.3) is 0 Å². The first-order valence-corrected chi connectivity index (χ1v) is 10.5. The van der Waals surface area contributed by atoms with Crippen molar-refractivity contribution in [3.05, 3.63) is 30.1 Å². The maximum Gasteiger partial charge on any atom is 0.245 e. The van der Waals surface area contributed by atoms with Crippen LogP contribution in [0.1, 0.15) is 32.6 Å². The van der Waals surface area contributed by atoms with Gasteiger partial charge in [-0.1, -0.05) is 12.1 Å². The minimum absolute atomic E-state index is 0. The number of halogens is 2. The van der Waals surface area contributed by atoms with E-state index in [0.717, 1.165) is 18.9 Å². The Morgan fingerprint density at radius 3 is 2.37 bits per heavy atom. The zero-order chi connectivity index (χ0) is 18.9. The fraction of sp³-hybridized carbons (Fsp3) is 0.611. The number of nitrogens with zero attached hydrogens (tertiary/aromatic N) is 1. The summed E-state index contributed by atoms with van der Waals surface area (Å²) in [6, 6.07) is 5.37. The average molecular weight is 420 g/mol. The Kier molecular flexibility index (Phi) is 6.89. The van der Waals surface area contributed by atoms with Crippen LogP contribution in [0.3, 0.4) is 0 Å². The summed E-state index contributed by atoms with van der Waals surface area (Å²) >= 11 is 0. The Balaban J connectivity index is 0.00000261. The van der Waals surface area contributed by atoms with Gasteiger partial charge in [0.05, 0.1) is 5.54 Å². The zero-order valence-corrected chi connectivity index (χ0v) is 17.0. The second-order valence-corrected chi connectivity index (χ2v) is 9.40. The maximum atomic E-state index is 13.9. The molecule has 1 aromatic carbocycles. The number of carbonyl (C=O) groups is 1. The molecule has 152 valence electrons. The summed E-state index contributed by atoms with van der Waals surface area (Å²) in [4.78, 5) is 12.3. The first-order chi connectivity index (χ1) is 12.3. The summed E-state index contributed by atoms with van der Waals surface area (Å²) in [6.07, 6.45) is 3.00. The quantitative estimate of drug-likeness (QED) is 0.736. The molecule has 1 saturated heterocycles. The molecule has 9 heteroatoms. The normalized spacial score (nSPS) is 21.1. The lowest BCUT2D eigenvalue weighted by atomic mass is 9.92. The van der Waals surface area contributed by atoms with Gasteiger partial charge < -0.3 is 11.1 Å². The van der Waals surface area contributed by atoms with Crippen LogP contribution in [0, 0.1) is 17.7 Å². The molecule has 0 spiro atoms. The smallest absolute Gasteiger partial charge is 0.245 e. The lowest BCUT2D eigenvalue weighted by Crippen LogP contribution is -2.55. The first kappa shape index (κ1) is 22.1. The first-order valence-electron chi connectivity index (χ1n) is 9.05. The molecule has 1 aromatic rings. The minimum Gasteiger partial charge on any atom is -0.349 e. The van der Waals surface area contributed by atoms with E-state index in [0.29, 0.717) is 25.3 Å². The number of sulfonamides is 1. The lowest BCUT2D eigenvalue weighted by molar-refractivity contribution is -0.128. The van der Waals surface area contributed by atoms with E-state index in [4.69, 9.17) is 5.73 Å². The van der Waals surface area contributed by atoms with Crippen molar-refractivity contribution in [3.8, 4) is 0 Å². The SMILES string of the molecule is CC(CN)(NC(=O)C1CCN(S(=O)(=O)c2ccccc2F)CC1)C1CC1.Cl. The molecule has 3 rings (SSSR count). The molecule has 27 heavy (non-hydrogen) atoms. The summed E-state index contributed by atoms with van der Waals surface area (Å²) in [5.41, 5.74) is 5.46. The number of hydrogen-bond donors (Lipinski definition) is 2. The third-order valence-electron chi connectivity index (χ3n) is 5.59. The van der Waals surface area contributed by atoms with E-state index in [1.54, 1.807) is 0 Å². The van der Waals surface area contributed by atoms with Crippen LogP contribution < -0.4 is 11.1 Å². The molecular weight excluding hydrogens is 393 g/mol. The number of carbonyl (C=O) groups excluding carboxylic acids is 1. The third-order valence-corrected chi connectivity index (χ3v) is 7.52. The molecule has 1 amide bonds. The van der Waals surface area contributed by atoms with E-state index in [1.165, 1.54) is 22.5 Å². The van der Waals surface area contributed by atoms with Crippen LogP contribution in [0.5, 0.6) is 0 Å². The standard InChI is InChI=1S/C18H26FN3O3S.ClH/c1-18(12-20,14-6-7-14)21-17(23)13-8-10-22(11-9-13)26(24,25)16-5-3-2-4-15(16)19;/h2-5,13-14H,6-12,20H2,1H3,(H,21,23);1H. The largest absolute Gasteiger partial charge is 0.349 e. The van der Waals surface area contributed by atoms with Crippen molar-refractivity contribution in [1.82, 2.24) is 9.62 Å². The lowest BCUT2D eigenvalue weighted by Gasteiger charge is -2.35. The van der Waals surface area contributed by atoms with Gasteiger partial charge in [-0.15, -0.1) is 12.4 Å². The highest BCUT2D eigenvalue weighted by Crippen LogP contribution is 2.39. The van der Waals surface area contributed by atoms with Crippen LogP contribution in [0.4, 0.5) is 4.39 Å². The summed E-state index contributed by atoms with van der Waals surface area (Å²) in [5.74, 6) is -0.632. The fourth-order valence-electron chi connectivity index (χ4n) is 3.58. The van der Waals surface area contributed by atoms with Crippen LogP contribution in [-0.2, 0) is 14.8 Å². The molecule has 1 heterocycles. The molecule has 6 nitrogen and oxygen atoms in total.